The van der Waals surface area contributed by atoms with Gasteiger partial charge >= 0.3 is 0 Å². The van der Waals surface area contributed by atoms with Crippen LogP contribution in [0.25, 0.3) is 111 Å². The van der Waals surface area contributed by atoms with E-state index in [1.165, 1.54) is 10.8 Å². The first-order valence-corrected chi connectivity index (χ1v) is 18.8. The largest absolute Gasteiger partial charge is 0.456 e. The highest BCUT2D eigenvalue weighted by molar-refractivity contribution is 6.17. The molecule has 11 aromatic rings. The van der Waals surface area contributed by atoms with Crippen molar-refractivity contribution in [3.63, 3.8) is 0 Å². The maximum Gasteiger partial charge on any atom is 0.136 e. The lowest BCUT2D eigenvalue weighted by Gasteiger charge is -2.22. The number of furan rings is 1. The first kappa shape index (κ1) is 31.9. The SMILES string of the molecule is c1ccc(-c2ccccc2-c2cccc(-c3cccc4c3[nH]c3ccccc34)c2-c2c(-c3ccccc3)nnnc2-c2cccc3oc4ccccc4c23)cc1. The van der Waals surface area contributed by atoms with Crippen molar-refractivity contribution in [3.05, 3.63) is 188 Å². The summed E-state index contributed by atoms with van der Waals surface area (Å²) in [4.78, 5) is 3.80. The predicted octanol–water partition coefficient (Wildman–Crippen LogP) is 13.4. The van der Waals surface area contributed by atoms with Crippen molar-refractivity contribution >= 4 is 43.7 Å². The molecule has 262 valence electrons. The zero-order valence-corrected chi connectivity index (χ0v) is 30.1. The molecule has 0 saturated carbocycles. The van der Waals surface area contributed by atoms with Crippen LogP contribution in [0.4, 0.5) is 0 Å². The van der Waals surface area contributed by atoms with Gasteiger partial charge in [-0.25, -0.2) is 0 Å². The van der Waals surface area contributed by atoms with Crippen LogP contribution >= 0.6 is 0 Å². The molecule has 0 aliphatic heterocycles. The van der Waals surface area contributed by atoms with Crippen molar-refractivity contribution < 1.29 is 4.42 Å². The fraction of sp³-hybridized carbons (Fsp3) is 0. The average Bonchev–Trinajstić information content (AvgIpc) is 3.85. The first-order chi connectivity index (χ1) is 27.8. The van der Waals surface area contributed by atoms with Crippen LogP contribution in [0.5, 0.6) is 0 Å². The van der Waals surface area contributed by atoms with Crippen molar-refractivity contribution in [1.82, 2.24) is 20.4 Å². The van der Waals surface area contributed by atoms with Crippen molar-refractivity contribution in [1.29, 1.82) is 0 Å². The van der Waals surface area contributed by atoms with Crippen LogP contribution in [0.3, 0.4) is 0 Å². The second-order valence-corrected chi connectivity index (χ2v) is 14.0. The summed E-state index contributed by atoms with van der Waals surface area (Å²) in [5.74, 6) is 0. The molecule has 3 heterocycles. The number of hydrogen-bond acceptors (Lipinski definition) is 4. The second-order valence-electron chi connectivity index (χ2n) is 14.0. The molecule has 0 atom stereocenters. The highest BCUT2D eigenvalue weighted by atomic mass is 16.3. The van der Waals surface area contributed by atoms with Gasteiger partial charge in [0.25, 0.3) is 0 Å². The zero-order chi connectivity index (χ0) is 37.0. The number of nitrogens with zero attached hydrogens (tertiary/aromatic N) is 3. The summed E-state index contributed by atoms with van der Waals surface area (Å²) >= 11 is 0. The Morgan fingerprint density at radius 1 is 0.357 bits per heavy atom. The maximum atomic E-state index is 6.43. The number of nitrogens with one attached hydrogen (secondary N) is 1. The van der Waals surface area contributed by atoms with E-state index in [1.807, 2.05) is 42.5 Å². The Morgan fingerprint density at radius 3 is 1.75 bits per heavy atom. The second kappa shape index (κ2) is 13.0. The molecular weight excluding hydrogens is 685 g/mol. The monoisotopic (exact) mass is 716 g/mol. The molecule has 11 rings (SSSR count). The van der Waals surface area contributed by atoms with Crippen molar-refractivity contribution in [2.24, 2.45) is 0 Å². The molecule has 1 N–H and O–H groups in total. The number of rotatable bonds is 6. The number of benzene rings is 8. The van der Waals surface area contributed by atoms with Gasteiger partial charge in [-0.15, -0.1) is 10.2 Å². The van der Waals surface area contributed by atoms with Crippen molar-refractivity contribution in [2.75, 3.05) is 0 Å². The standard InChI is InChI=1S/C51H32N4O/c1-3-16-32(17-4-1)34-20-7-8-21-35(34)37-24-13-25-38(40-27-14-26-39-36-22-9-11-29-43(36)52-50(39)40)47(37)48-49(33-18-5-2-6-19-33)53-55-54-51(48)42-28-15-31-45-46(42)41-23-10-12-30-44(41)56-45/h1-31,52H. The van der Waals surface area contributed by atoms with Crippen LogP contribution < -0.4 is 0 Å². The molecule has 0 fully saturated rings. The Bertz CT molecular complexity index is 3250. The fourth-order valence-electron chi connectivity index (χ4n) is 8.47. The van der Waals surface area contributed by atoms with Gasteiger partial charge in [0.05, 0.1) is 5.52 Å². The minimum absolute atomic E-state index is 0.728. The van der Waals surface area contributed by atoms with Gasteiger partial charge < -0.3 is 9.40 Å². The van der Waals surface area contributed by atoms with Gasteiger partial charge in [0.1, 0.15) is 22.6 Å². The van der Waals surface area contributed by atoms with Gasteiger partial charge in [0.2, 0.25) is 0 Å². The Labute approximate surface area is 322 Å². The summed E-state index contributed by atoms with van der Waals surface area (Å²) in [6.07, 6.45) is 0. The number of H-pyrrole nitrogens is 1. The molecule has 56 heavy (non-hydrogen) atoms. The molecule has 0 spiro atoms. The molecule has 0 radical (unpaired) electrons. The van der Waals surface area contributed by atoms with E-state index in [9.17, 15) is 0 Å². The lowest BCUT2D eigenvalue weighted by atomic mass is 9.82. The third kappa shape index (κ3) is 5.06. The third-order valence-corrected chi connectivity index (χ3v) is 10.9. The van der Waals surface area contributed by atoms with Gasteiger partial charge in [-0.2, -0.15) is 0 Å². The van der Waals surface area contributed by atoms with E-state index in [2.05, 4.69) is 156 Å². The minimum atomic E-state index is 0.728. The van der Waals surface area contributed by atoms with E-state index >= 15 is 0 Å². The lowest BCUT2D eigenvalue weighted by Crippen LogP contribution is -2.03. The maximum absolute atomic E-state index is 6.43. The Balaban J connectivity index is 1.32. The fourth-order valence-corrected chi connectivity index (χ4v) is 8.47. The van der Waals surface area contributed by atoms with Gasteiger partial charge in [-0.3, -0.25) is 0 Å². The quantitative estimate of drug-likeness (QED) is 0.186. The predicted molar refractivity (Wildman–Crippen MR) is 229 cm³/mol. The van der Waals surface area contributed by atoms with E-state index in [0.29, 0.717) is 0 Å². The van der Waals surface area contributed by atoms with Gasteiger partial charge in [0, 0.05) is 54.9 Å². The number of aromatic nitrogens is 4. The first-order valence-electron chi connectivity index (χ1n) is 18.8. The van der Waals surface area contributed by atoms with Gasteiger partial charge in [0.15, 0.2) is 0 Å². The molecule has 5 nitrogen and oxygen atoms in total. The molecule has 5 heteroatoms. The molecule has 0 bridgehead atoms. The van der Waals surface area contributed by atoms with Gasteiger partial charge in [-0.1, -0.05) is 170 Å². The number of fused-ring (bicyclic) bond motifs is 6. The van der Waals surface area contributed by atoms with E-state index in [-0.39, 0.29) is 0 Å². The van der Waals surface area contributed by atoms with Crippen LogP contribution in [0.15, 0.2) is 192 Å². The Kier molecular flexibility index (Phi) is 7.42. The van der Waals surface area contributed by atoms with Crippen LogP contribution in [0.2, 0.25) is 0 Å². The smallest absolute Gasteiger partial charge is 0.136 e. The van der Waals surface area contributed by atoms with E-state index in [4.69, 9.17) is 14.6 Å². The summed E-state index contributed by atoms with van der Waals surface area (Å²) in [6.45, 7) is 0. The van der Waals surface area contributed by atoms with Gasteiger partial charge in [-0.05, 0) is 51.2 Å². The highest BCUT2D eigenvalue weighted by Gasteiger charge is 2.27. The molecule has 0 unspecified atom stereocenters. The summed E-state index contributed by atoms with van der Waals surface area (Å²) in [5, 5.41) is 18.8. The third-order valence-electron chi connectivity index (χ3n) is 10.9. The van der Waals surface area contributed by atoms with E-state index < -0.39 is 0 Å². The van der Waals surface area contributed by atoms with Crippen LogP contribution in [0, 0.1) is 0 Å². The average molecular weight is 717 g/mol. The molecule has 8 aromatic carbocycles. The Hall–Kier alpha value is -7.63. The summed E-state index contributed by atoms with van der Waals surface area (Å²) in [5.41, 5.74) is 15.6. The summed E-state index contributed by atoms with van der Waals surface area (Å²) < 4.78 is 6.43. The number of hydrogen-bond donors (Lipinski definition) is 1. The zero-order valence-electron chi connectivity index (χ0n) is 30.1. The number of aromatic amines is 1. The molecule has 0 aliphatic rings. The summed E-state index contributed by atoms with van der Waals surface area (Å²) in [7, 11) is 0. The van der Waals surface area contributed by atoms with Crippen LogP contribution in [0.1, 0.15) is 0 Å². The molecule has 0 saturated heterocycles. The van der Waals surface area contributed by atoms with Crippen LogP contribution in [-0.2, 0) is 0 Å². The molecular formula is C51H32N4O. The van der Waals surface area contributed by atoms with Crippen molar-refractivity contribution in [3.8, 4) is 67.0 Å². The van der Waals surface area contributed by atoms with E-state index in [0.717, 1.165) is 100.0 Å². The van der Waals surface area contributed by atoms with E-state index in [1.54, 1.807) is 0 Å². The Morgan fingerprint density at radius 2 is 0.911 bits per heavy atom. The molecule has 0 aliphatic carbocycles. The topological polar surface area (TPSA) is 67.6 Å². The summed E-state index contributed by atoms with van der Waals surface area (Å²) in [6, 6.07) is 65.7. The lowest BCUT2D eigenvalue weighted by molar-refractivity contribution is 0.669. The highest BCUT2D eigenvalue weighted by Crippen LogP contribution is 2.50. The normalized spacial score (nSPS) is 11.6. The number of para-hydroxylation sites is 3. The molecule has 0 amide bonds. The molecule has 3 aromatic heterocycles. The minimum Gasteiger partial charge on any atom is -0.456 e. The van der Waals surface area contributed by atoms with Crippen LogP contribution in [-0.4, -0.2) is 20.4 Å². The van der Waals surface area contributed by atoms with Crippen molar-refractivity contribution in [2.45, 2.75) is 0 Å².